The lowest BCUT2D eigenvalue weighted by atomic mass is 10.0. The van der Waals surface area contributed by atoms with Crippen LogP contribution < -0.4 is 0 Å². The second kappa shape index (κ2) is 5.82. The molecule has 0 amide bonds. The fourth-order valence-corrected chi connectivity index (χ4v) is 2.80. The molecule has 0 radical (unpaired) electrons. The topological polar surface area (TPSA) is 66.0 Å². The molecule has 1 heterocycles. The van der Waals surface area contributed by atoms with Crippen molar-refractivity contribution < 1.29 is 9.90 Å². The molecule has 23 heavy (non-hydrogen) atoms. The molecular formula is C19H14N2O2. The first-order valence-corrected chi connectivity index (χ1v) is 7.11. The van der Waals surface area contributed by atoms with Crippen molar-refractivity contribution in [3.05, 3.63) is 65.7 Å². The van der Waals surface area contributed by atoms with E-state index in [1.54, 1.807) is 6.07 Å². The minimum Gasteiger partial charge on any atom is -0.477 e. The molecule has 0 unspecified atom stereocenters. The fourth-order valence-electron chi connectivity index (χ4n) is 2.80. The van der Waals surface area contributed by atoms with Gasteiger partial charge in [-0.15, -0.1) is 0 Å². The Balaban J connectivity index is 2.40. The van der Waals surface area contributed by atoms with Gasteiger partial charge in [0, 0.05) is 23.5 Å². The van der Waals surface area contributed by atoms with Gasteiger partial charge in [-0.25, -0.2) is 4.79 Å². The molecule has 2 aromatic carbocycles. The number of aryl methyl sites for hydroxylation is 1. The number of hydrogen-bond donors (Lipinski definition) is 1. The van der Waals surface area contributed by atoms with Crippen LogP contribution in [0.15, 0.2) is 60.2 Å². The summed E-state index contributed by atoms with van der Waals surface area (Å²) < 4.78 is 2.02. The normalized spacial score (nSPS) is 11.4. The van der Waals surface area contributed by atoms with Crippen LogP contribution in [0.2, 0.25) is 0 Å². The highest BCUT2D eigenvalue weighted by Gasteiger charge is 2.17. The Hall–Kier alpha value is -3.32. The number of carboxylic acids is 1. The van der Waals surface area contributed by atoms with E-state index in [9.17, 15) is 9.90 Å². The number of para-hydroxylation sites is 1. The SMILES string of the molecule is Cn1c(-c2ccccc2)c(C=C(C#N)C(=O)O)c2ccccc21. The first kappa shape index (κ1) is 14.6. The monoisotopic (exact) mass is 302 g/mol. The van der Waals surface area contributed by atoms with Crippen LogP contribution in [0.5, 0.6) is 0 Å². The Labute approximate surface area is 133 Å². The van der Waals surface area contributed by atoms with Crippen molar-refractivity contribution in [1.82, 2.24) is 4.57 Å². The Morgan fingerprint density at radius 1 is 1.13 bits per heavy atom. The van der Waals surface area contributed by atoms with Gasteiger partial charge in [0.25, 0.3) is 0 Å². The summed E-state index contributed by atoms with van der Waals surface area (Å²) in [4.78, 5) is 11.2. The third-order valence-corrected chi connectivity index (χ3v) is 3.83. The number of carboxylic acid groups (broad SMARTS) is 1. The van der Waals surface area contributed by atoms with Crippen LogP contribution in [0.1, 0.15) is 5.56 Å². The summed E-state index contributed by atoms with van der Waals surface area (Å²) in [5.41, 5.74) is 3.31. The number of carbonyl (C=O) groups is 1. The second-order valence-corrected chi connectivity index (χ2v) is 5.18. The predicted octanol–water partition coefficient (Wildman–Crippen LogP) is 3.84. The highest BCUT2D eigenvalue weighted by atomic mass is 16.4. The molecule has 0 fully saturated rings. The van der Waals surface area contributed by atoms with E-state index in [4.69, 9.17) is 5.26 Å². The Bertz CT molecular complexity index is 960. The molecule has 3 aromatic rings. The highest BCUT2D eigenvalue weighted by molar-refractivity contribution is 6.04. The van der Waals surface area contributed by atoms with E-state index in [1.165, 1.54) is 6.08 Å². The molecule has 0 bridgehead atoms. The summed E-state index contributed by atoms with van der Waals surface area (Å²) in [6.07, 6.45) is 1.45. The summed E-state index contributed by atoms with van der Waals surface area (Å²) in [5.74, 6) is -1.22. The van der Waals surface area contributed by atoms with Gasteiger partial charge in [-0.2, -0.15) is 5.26 Å². The van der Waals surface area contributed by atoms with Crippen molar-refractivity contribution in [3.63, 3.8) is 0 Å². The lowest BCUT2D eigenvalue weighted by Crippen LogP contribution is -1.98. The smallest absolute Gasteiger partial charge is 0.346 e. The van der Waals surface area contributed by atoms with Crippen molar-refractivity contribution in [2.75, 3.05) is 0 Å². The fraction of sp³-hybridized carbons (Fsp3) is 0.0526. The predicted molar refractivity (Wildman–Crippen MR) is 89.6 cm³/mol. The van der Waals surface area contributed by atoms with Gasteiger partial charge >= 0.3 is 5.97 Å². The molecule has 1 N–H and O–H groups in total. The molecule has 4 heteroatoms. The average molecular weight is 302 g/mol. The van der Waals surface area contributed by atoms with Crippen LogP contribution in [0, 0.1) is 11.3 Å². The maximum atomic E-state index is 11.2. The van der Waals surface area contributed by atoms with Crippen LogP contribution in [0.25, 0.3) is 28.2 Å². The zero-order valence-electron chi connectivity index (χ0n) is 12.5. The quantitative estimate of drug-likeness (QED) is 0.590. The van der Waals surface area contributed by atoms with E-state index in [0.717, 1.165) is 27.7 Å². The van der Waals surface area contributed by atoms with E-state index in [0.29, 0.717) is 0 Å². The highest BCUT2D eigenvalue weighted by Crippen LogP contribution is 2.34. The molecular weight excluding hydrogens is 288 g/mol. The van der Waals surface area contributed by atoms with E-state index in [-0.39, 0.29) is 5.57 Å². The molecule has 4 nitrogen and oxygen atoms in total. The first-order valence-electron chi connectivity index (χ1n) is 7.11. The molecule has 0 aliphatic carbocycles. The minimum absolute atomic E-state index is 0.279. The van der Waals surface area contributed by atoms with Gasteiger partial charge in [0.2, 0.25) is 0 Å². The number of benzene rings is 2. The lowest BCUT2D eigenvalue weighted by molar-refractivity contribution is -0.132. The molecule has 0 atom stereocenters. The Morgan fingerprint density at radius 3 is 2.43 bits per heavy atom. The number of nitriles is 1. The average Bonchev–Trinajstić information content (AvgIpc) is 2.85. The van der Waals surface area contributed by atoms with Gasteiger partial charge in [0.1, 0.15) is 11.6 Å². The molecule has 0 saturated heterocycles. The summed E-state index contributed by atoms with van der Waals surface area (Å²) in [5, 5.41) is 19.2. The van der Waals surface area contributed by atoms with Crippen molar-refractivity contribution >= 4 is 22.9 Å². The van der Waals surface area contributed by atoms with Gasteiger partial charge in [-0.05, 0) is 17.7 Å². The molecule has 0 spiro atoms. The van der Waals surface area contributed by atoms with Gasteiger partial charge in [0.05, 0.1) is 5.69 Å². The number of nitrogens with zero attached hydrogens (tertiary/aromatic N) is 2. The van der Waals surface area contributed by atoms with Crippen LogP contribution in [-0.2, 0) is 11.8 Å². The van der Waals surface area contributed by atoms with E-state index >= 15 is 0 Å². The molecule has 0 aliphatic heterocycles. The number of hydrogen-bond acceptors (Lipinski definition) is 2. The van der Waals surface area contributed by atoms with Crippen LogP contribution in [-0.4, -0.2) is 15.6 Å². The zero-order valence-corrected chi connectivity index (χ0v) is 12.5. The van der Waals surface area contributed by atoms with E-state index in [1.807, 2.05) is 66.2 Å². The van der Waals surface area contributed by atoms with E-state index in [2.05, 4.69) is 0 Å². The number of fused-ring (bicyclic) bond motifs is 1. The summed E-state index contributed by atoms with van der Waals surface area (Å²) >= 11 is 0. The standard InChI is InChI=1S/C19H14N2O2/c1-21-17-10-6-5-9-15(17)16(11-14(12-20)19(22)23)18(21)13-7-3-2-4-8-13/h2-11H,1H3,(H,22,23). The van der Waals surface area contributed by atoms with Gasteiger partial charge in [-0.3, -0.25) is 0 Å². The molecule has 0 saturated carbocycles. The molecule has 1 aromatic heterocycles. The number of aromatic nitrogens is 1. The third kappa shape index (κ3) is 2.49. The van der Waals surface area contributed by atoms with Crippen molar-refractivity contribution in [3.8, 4) is 17.3 Å². The Morgan fingerprint density at radius 2 is 1.78 bits per heavy atom. The Kier molecular flexibility index (Phi) is 3.70. The maximum absolute atomic E-state index is 11.2. The molecule has 3 rings (SSSR count). The third-order valence-electron chi connectivity index (χ3n) is 3.83. The van der Waals surface area contributed by atoms with Crippen molar-refractivity contribution in [2.24, 2.45) is 7.05 Å². The van der Waals surface area contributed by atoms with Crippen LogP contribution in [0.3, 0.4) is 0 Å². The van der Waals surface area contributed by atoms with Gasteiger partial charge < -0.3 is 9.67 Å². The summed E-state index contributed by atoms with van der Waals surface area (Å²) in [6.45, 7) is 0. The van der Waals surface area contributed by atoms with Crippen molar-refractivity contribution in [2.45, 2.75) is 0 Å². The maximum Gasteiger partial charge on any atom is 0.346 e. The number of rotatable bonds is 3. The lowest BCUT2D eigenvalue weighted by Gasteiger charge is -2.06. The van der Waals surface area contributed by atoms with Gasteiger partial charge in [-0.1, -0.05) is 48.5 Å². The van der Waals surface area contributed by atoms with E-state index < -0.39 is 5.97 Å². The second-order valence-electron chi connectivity index (χ2n) is 5.18. The summed E-state index contributed by atoms with van der Waals surface area (Å²) in [6, 6.07) is 19.2. The minimum atomic E-state index is -1.22. The van der Waals surface area contributed by atoms with Crippen molar-refractivity contribution in [1.29, 1.82) is 5.26 Å². The van der Waals surface area contributed by atoms with Gasteiger partial charge in [0.15, 0.2) is 0 Å². The molecule has 112 valence electrons. The first-order chi connectivity index (χ1) is 11.1. The summed E-state index contributed by atoms with van der Waals surface area (Å²) in [7, 11) is 1.94. The van der Waals surface area contributed by atoms with Crippen LogP contribution in [0.4, 0.5) is 0 Å². The van der Waals surface area contributed by atoms with Crippen LogP contribution >= 0.6 is 0 Å². The number of aliphatic carboxylic acids is 1. The largest absolute Gasteiger partial charge is 0.477 e. The zero-order chi connectivity index (χ0) is 16.4. The molecule has 0 aliphatic rings.